The number of hydrogen-bond donors (Lipinski definition) is 1. The first-order chi connectivity index (χ1) is 19.3. The molecule has 4 rings (SSSR count). The minimum atomic E-state index is -4.69. The molecule has 9 nitrogen and oxygen atoms in total. The van der Waals surface area contributed by atoms with Crippen LogP contribution in [0.4, 0.5) is 18.0 Å². The molecular weight excluding hydrogens is 553 g/mol. The van der Waals surface area contributed by atoms with E-state index in [0.29, 0.717) is 31.6 Å². The molecule has 42 heavy (non-hydrogen) atoms. The summed E-state index contributed by atoms with van der Waals surface area (Å²) in [5.74, 6) is -0.980. The summed E-state index contributed by atoms with van der Waals surface area (Å²) in [4.78, 5) is 31.2. The average molecular weight is 595 g/mol. The number of carboxylic acid groups (broad SMARTS) is 1. The Kier molecular flexibility index (Phi) is 8.36. The fourth-order valence-electron chi connectivity index (χ4n) is 5.84. The van der Waals surface area contributed by atoms with Gasteiger partial charge >= 0.3 is 12.3 Å². The molecule has 1 aromatic carbocycles. The Balaban J connectivity index is 1.77. The number of rotatable bonds is 6. The normalized spacial score (nSPS) is 21.9. The van der Waals surface area contributed by atoms with Crippen LogP contribution in [0.15, 0.2) is 29.3 Å². The molecule has 1 N–H and O–H groups in total. The number of aromatic nitrogens is 2. The highest BCUT2D eigenvalue weighted by Crippen LogP contribution is 2.46. The molecule has 3 heterocycles. The van der Waals surface area contributed by atoms with Gasteiger partial charge in [-0.3, -0.25) is 19.1 Å². The van der Waals surface area contributed by atoms with Gasteiger partial charge in [-0.25, -0.2) is 4.79 Å². The van der Waals surface area contributed by atoms with Gasteiger partial charge in [0, 0.05) is 37.4 Å². The predicted octanol–water partition coefficient (Wildman–Crippen LogP) is 5.61. The van der Waals surface area contributed by atoms with Crippen LogP contribution < -0.4 is 10.2 Å². The van der Waals surface area contributed by atoms with Crippen molar-refractivity contribution in [1.82, 2.24) is 14.3 Å². The third-order valence-corrected chi connectivity index (χ3v) is 8.52. The van der Waals surface area contributed by atoms with Gasteiger partial charge in [0.2, 0.25) is 0 Å². The number of hydrogen-bond acceptors (Lipinski definition) is 4. The second-order valence-corrected chi connectivity index (χ2v) is 13.3. The lowest BCUT2D eigenvalue weighted by Crippen LogP contribution is -2.70. The fourth-order valence-corrected chi connectivity index (χ4v) is 5.84. The topological polar surface area (TPSA) is 98.3 Å². The standard InChI is InChI=1S/C30H41F3N4O5/c1-27(2,3)23-16-24(37(35(23)7)17-20-9-8-14-41-20)34-25(38)21-15-19(30(31,32)33)10-11-22(21)42-18-29(28(4,5)6)12-13-36(29)26(39)40/h10-11,15-16,20H,8-9,12-14,17-18H2,1-7H3,(H,39,40)/t20-,29+/m1/s1. The SMILES string of the molecule is Cn1c(C(C)(C)C)cc(=NC(=O)c2cc(C(F)(F)F)ccc2OC[C@]2(C(C)(C)C)CCN2C(=O)O)n1C[C@H]1CCCO1. The van der Waals surface area contributed by atoms with Crippen LogP contribution in [0.5, 0.6) is 5.75 Å². The molecule has 1 aromatic heterocycles. The van der Waals surface area contributed by atoms with E-state index >= 15 is 0 Å². The van der Waals surface area contributed by atoms with E-state index in [-0.39, 0.29) is 29.4 Å². The van der Waals surface area contributed by atoms with Crippen molar-refractivity contribution in [2.45, 2.75) is 90.6 Å². The lowest BCUT2D eigenvalue weighted by molar-refractivity contribution is -0.137. The Hall–Kier alpha value is -3.28. The summed E-state index contributed by atoms with van der Waals surface area (Å²) in [5, 5.41) is 9.73. The number of carbonyl (C=O) groups excluding carboxylic acids is 1. The van der Waals surface area contributed by atoms with E-state index in [4.69, 9.17) is 9.47 Å². The number of halogens is 3. The van der Waals surface area contributed by atoms with E-state index in [1.54, 1.807) is 6.07 Å². The lowest BCUT2D eigenvalue weighted by Gasteiger charge is -2.58. The minimum absolute atomic E-state index is 0.0684. The van der Waals surface area contributed by atoms with E-state index in [0.717, 1.165) is 36.7 Å². The monoisotopic (exact) mass is 594 g/mol. The van der Waals surface area contributed by atoms with Crippen LogP contribution in [0.25, 0.3) is 0 Å². The molecule has 2 aromatic rings. The summed E-state index contributed by atoms with van der Waals surface area (Å²) in [6, 6.07) is 4.48. The van der Waals surface area contributed by atoms with Gasteiger partial charge in [0.1, 0.15) is 12.4 Å². The van der Waals surface area contributed by atoms with E-state index < -0.39 is 34.7 Å². The Labute approximate surface area is 243 Å². The van der Waals surface area contributed by atoms with Crippen LogP contribution in [0.1, 0.15) is 82.4 Å². The molecule has 0 unspecified atom stereocenters. The van der Waals surface area contributed by atoms with Gasteiger partial charge in [0.25, 0.3) is 5.91 Å². The van der Waals surface area contributed by atoms with Gasteiger partial charge in [-0.05, 0) is 42.9 Å². The summed E-state index contributed by atoms with van der Waals surface area (Å²) in [5.41, 5.74) is -1.92. The maximum absolute atomic E-state index is 13.7. The van der Waals surface area contributed by atoms with Crippen molar-refractivity contribution < 1.29 is 37.3 Å². The summed E-state index contributed by atoms with van der Waals surface area (Å²) in [6.07, 6.45) is -3.58. The van der Waals surface area contributed by atoms with Gasteiger partial charge in [-0.2, -0.15) is 18.2 Å². The van der Waals surface area contributed by atoms with E-state index in [2.05, 4.69) is 4.99 Å². The Morgan fingerprint density at radius 3 is 2.33 bits per heavy atom. The zero-order valence-corrected chi connectivity index (χ0v) is 25.3. The van der Waals surface area contributed by atoms with Gasteiger partial charge in [0.05, 0.1) is 29.3 Å². The first-order valence-electron chi connectivity index (χ1n) is 14.2. The molecule has 0 radical (unpaired) electrons. The highest BCUT2D eigenvalue weighted by molar-refractivity contribution is 5.97. The van der Waals surface area contributed by atoms with Crippen LogP contribution in [-0.4, -0.2) is 62.8 Å². The zero-order valence-electron chi connectivity index (χ0n) is 25.3. The minimum Gasteiger partial charge on any atom is -0.490 e. The molecule has 2 fully saturated rings. The number of amides is 2. The smallest absolute Gasteiger partial charge is 0.416 e. The molecule has 0 saturated carbocycles. The molecule has 12 heteroatoms. The van der Waals surface area contributed by atoms with Gasteiger partial charge in [0.15, 0.2) is 5.49 Å². The zero-order chi connectivity index (χ0) is 31.3. The molecule has 0 spiro atoms. The van der Waals surface area contributed by atoms with Crippen molar-refractivity contribution >= 4 is 12.0 Å². The highest BCUT2D eigenvalue weighted by Gasteiger charge is 2.56. The maximum atomic E-state index is 13.7. The van der Waals surface area contributed by atoms with Gasteiger partial charge < -0.3 is 14.6 Å². The first-order valence-corrected chi connectivity index (χ1v) is 14.2. The van der Waals surface area contributed by atoms with Crippen LogP contribution in [-0.2, 0) is 29.9 Å². The number of carbonyl (C=O) groups is 2. The highest BCUT2D eigenvalue weighted by atomic mass is 19.4. The van der Waals surface area contributed by atoms with Gasteiger partial charge in [-0.15, -0.1) is 0 Å². The Morgan fingerprint density at radius 1 is 1.14 bits per heavy atom. The number of alkyl halides is 3. The number of nitrogens with zero attached hydrogens (tertiary/aromatic N) is 4. The first kappa shape index (κ1) is 31.7. The molecule has 2 saturated heterocycles. The lowest BCUT2D eigenvalue weighted by atomic mass is 9.66. The third-order valence-electron chi connectivity index (χ3n) is 8.52. The summed E-state index contributed by atoms with van der Waals surface area (Å²) < 4.78 is 56.7. The summed E-state index contributed by atoms with van der Waals surface area (Å²) in [6.45, 7) is 13.0. The van der Waals surface area contributed by atoms with Crippen molar-refractivity contribution in [3.05, 3.63) is 46.6 Å². The van der Waals surface area contributed by atoms with Crippen LogP contribution in [0.2, 0.25) is 0 Å². The molecule has 0 aliphatic carbocycles. The fraction of sp³-hybridized carbons (Fsp3) is 0.633. The number of benzene rings is 1. The van der Waals surface area contributed by atoms with Crippen molar-refractivity contribution in [3.8, 4) is 5.75 Å². The molecular formula is C30H41F3N4O5. The predicted molar refractivity (Wildman–Crippen MR) is 149 cm³/mol. The number of ether oxygens (including phenoxy) is 2. The van der Waals surface area contributed by atoms with Crippen molar-refractivity contribution in [1.29, 1.82) is 0 Å². The largest absolute Gasteiger partial charge is 0.490 e. The second kappa shape index (κ2) is 11.1. The van der Waals surface area contributed by atoms with Crippen molar-refractivity contribution in [2.75, 3.05) is 19.8 Å². The summed E-state index contributed by atoms with van der Waals surface area (Å²) >= 11 is 0. The Bertz CT molecular complexity index is 1410. The maximum Gasteiger partial charge on any atom is 0.416 e. The molecule has 2 aliphatic heterocycles. The quantitative estimate of drug-likeness (QED) is 0.469. The number of likely N-dealkylation sites (tertiary alicyclic amines) is 1. The van der Waals surface area contributed by atoms with E-state index in [1.807, 2.05) is 58.0 Å². The third kappa shape index (κ3) is 6.09. The molecule has 2 atom stereocenters. The van der Waals surface area contributed by atoms with E-state index in [1.165, 1.54) is 4.90 Å². The molecule has 2 amide bonds. The van der Waals surface area contributed by atoms with Gasteiger partial charge in [-0.1, -0.05) is 41.5 Å². The van der Waals surface area contributed by atoms with Crippen LogP contribution in [0, 0.1) is 5.41 Å². The summed E-state index contributed by atoms with van der Waals surface area (Å²) in [7, 11) is 1.86. The second-order valence-electron chi connectivity index (χ2n) is 13.3. The van der Waals surface area contributed by atoms with Crippen molar-refractivity contribution in [3.63, 3.8) is 0 Å². The van der Waals surface area contributed by atoms with E-state index in [9.17, 15) is 27.9 Å². The average Bonchev–Trinajstić information content (AvgIpc) is 3.45. The van der Waals surface area contributed by atoms with Crippen LogP contribution in [0.3, 0.4) is 0 Å². The van der Waals surface area contributed by atoms with Crippen molar-refractivity contribution in [2.24, 2.45) is 17.5 Å². The molecule has 232 valence electrons. The molecule has 0 bridgehead atoms. The molecule has 2 aliphatic rings. The Morgan fingerprint density at radius 2 is 1.83 bits per heavy atom. The van der Waals surface area contributed by atoms with Crippen LogP contribution >= 0.6 is 0 Å².